The summed E-state index contributed by atoms with van der Waals surface area (Å²) in [6, 6.07) is -0.511. The van der Waals surface area contributed by atoms with Crippen molar-refractivity contribution in [3.63, 3.8) is 0 Å². The number of carboxylic acid groups (broad SMARTS) is 1. The molecule has 0 aromatic heterocycles. The lowest BCUT2D eigenvalue weighted by Crippen LogP contribution is -2.37. The van der Waals surface area contributed by atoms with Crippen LogP contribution < -0.4 is 5.32 Å². The molecule has 78 valence electrons. The van der Waals surface area contributed by atoms with Crippen LogP contribution in [0.25, 0.3) is 0 Å². The molecular weight excluding hydrogens is 170 g/mol. The maximum atomic E-state index is 10.4. The molecule has 0 radical (unpaired) electrons. The molecule has 0 aliphatic rings. The van der Waals surface area contributed by atoms with Crippen molar-refractivity contribution < 1.29 is 14.6 Å². The fraction of sp³-hybridized carbons (Fsp3) is 0.889. The topological polar surface area (TPSA) is 58.6 Å². The Morgan fingerprint density at radius 2 is 2.08 bits per heavy atom. The largest absolute Gasteiger partial charge is 0.480 e. The molecule has 4 heteroatoms. The lowest BCUT2D eigenvalue weighted by Gasteiger charge is -2.20. The van der Waals surface area contributed by atoms with Gasteiger partial charge in [0.2, 0.25) is 0 Å². The highest BCUT2D eigenvalue weighted by molar-refractivity contribution is 5.72. The van der Waals surface area contributed by atoms with E-state index in [1.807, 2.05) is 20.8 Å². The summed E-state index contributed by atoms with van der Waals surface area (Å²) in [6.07, 6.45) is 0. The summed E-state index contributed by atoms with van der Waals surface area (Å²) in [4.78, 5) is 10.4. The van der Waals surface area contributed by atoms with Gasteiger partial charge in [-0.15, -0.1) is 0 Å². The van der Waals surface area contributed by atoms with Crippen molar-refractivity contribution in [1.29, 1.82) is 0 Å². The second-order valence-corrected chi connectivity index (χ2v) is 3.97. The molecule has 0 rings (SSSR count). The number of aliphatic carboxylic acids is 1. The van der Waals surface area contributed by atoms with E-state index in [0.29, 0.717) is 13.2 Å². The van der Waals surface area contributed by atoms with E-state index in [2.05, 4.69) is 5.32 Å². The van der Waals surface area contributed by atoms with Crippen molar-refractivity contribution in [3.8, 4) is 0 Å². The Hall–Kier alpha value is -0.610. The number of hydrogen-bond acceptors (Lipinski definition) is 3. The Balaban J connectivity index is 3.41. The van der Waals surface area contributed by atoms with Crippen molar-refractivity contribution in [2.24, 2.45) is 0 Å². The second-order valence-electron chi connectivity index (χ2n) is 3.97. The lowest BCUT2D eigenvalue weighted by molar-refractivity contribution is -0.139. The molecule has 4 nitrogen and oxygen atoms in total. The second kappa shape index (κ2) is 5.19. The lowest BCUT2D eigenvalue weighted by atomic mass is 10.2. The first-order chi connectivity index (χ1) is 5.83. The summed E-state index contributed by atoms with van der Waals surface area (Å²) >= 11 is 0. The molecule has 0 spiro atoms. The summed E-state index contributed by atoms with van der Waals surface area (Å²) in [5, 5.41) is 11.4. The SMILES string of the molecule is C[C@@H](NCCOC(C)(C)C)C(=O)O. The van der Waals surface area contributed by atoms with E-state index in [9.17, 15) is 4.79 Å². The van der Waals surface area contributed by atoms with Crippen LogP contribution in [0, 0.1) is 0 Å². The van der Waals surface area contributed by atoms with Crippen molar-refractivity contribution in [2.75, 3.05) is 13.2 Å². The maximum absolute atomic E-state index is 10.4. The molecule has 0 heterocycles. The Kier molecular flexibility index (Phi) is 4.95. The van der Waals surface area contributed by atoms with Gasteiger partial charge in [-0.1, -0.05) is 0 Å². The van der Waals surface area contributed by atoms with Crippen molar-refractivity contribution in [2.45, 2.75) is 39.3 Å². The molecule has 0 bridgehead atoms. The van der Waals surface area contributed by atoms with E-state index in [1.54, 1.807) is 6.92 Å². The molecule has 0 aliphatic heterocycles. The molecule has 0 unspecified atom stereocenters. The minimum absolute atomic E-state index is 0.159. The van der Waals surface area contributed by atoms with Gasteiger partial charge in [0.1, 0.15) is 6.04 Å². The highest BCUT2D eigenvalue weighted by Crippen LogP contribution is 2.05. The number of hydrogen-bond donors (Lipinski definition) is 2. The molecule has 0 saturated heterocycles. The van der Waals surface area contributed by atoms with Crippen LogP contribution in [-0.2, 0) is 9.53 Å². The standard InChI is InChI=1S/C9H19NO3/c1-7(8(11)12)10-5-6-13-9(2,3)4/h7,10H,5-6H2,1-4H3,(H,11,12)/t7-/m1/s1. The number of carboxylic acids is 1. The molecule has 0 aromatic carbocycles. The van der Waals surface area contributed by atoms with Crippen LogP contribution in [-0.4, -0.2) is 35.9 Å². The van der Waals surface area contributed by atoms with Gasteiger partial charge in [0.05, 0.1) is 12.2 Å². The van der Waals surface area contributed by atoms with Crippen LogP contribution in [0.4, 0.5) is 0 Å². The predicted octanol–water partition coefficient (Wildman–Crippen LogP) is 0.864. The zero-order valence-corrected chi connectivity index (χ0v) is 8.76. The van der Waals surface area contributed by atoms with Crippen LogP contribution in [0.2, 0.25) is 0 Å². The number of rotatable bonds is 5. The quantitative estimate of drug-likeness (QED) is 0.630. The average molecular weight is 189 g/mol. The van der Waals surface area contributed by atoms with Crippen LogP contribution in [0.3, 0.4) is 0 Å². The first kappa shape index (κ1) is 12.4. The molecule has 0 saturated carbocycles. The minimum atomic E-state index is -0.837. The van der Waals surface area contributed by atoms with E-state index < -0.39 is 12.0 Å². The van der Waals surface area contributed by atoms with Crippen LogP contribution in [0.5, 0.6) is 0 Å². The van der Waals surface area contributed by atoms with Crippen LogP contribution >= 0.6 is 0 Å². The third kappa shape index (κ3) is 7.74. The van der Waals surface area contributed by atoms with Gasteiger partial charge in [0, 0.05) is 6.54 Å². The Morgan fingerprint density at radius 3 is 2.46 bits per heavy atom. The highest BCUT2D eigenvalue weighted by Gasteiger charge is 2.11. The van der Waals surface area contributed by atoms with Crippen molar-refractivity contribution in [3.05, 3.63) is 0 Å². The summed E-state index contributed by atoms with van der Waals surface area (Å²) in [5.41, 5.74) is -0.159. The summed E-state index contributed by atoms with van der Waals surface area (Å²) in [7, 11) is 0. The van der Waals surface area contributed by atoms with Crippen LogP contribution in [0.1, 0.15) is 27.7 Å². The van der Waals surface area contributed by atoms with Gasteiger partial charge in [0.25, 0.3) is 0 Å². The van der Waals surface area contributed by atoms with E-state index in [4.69, 9.17) is 9.84 Å². The first-order valence-corrected chi connectivity index (χ1v) is 4.43. The maximum Gasteiger partial charge on any atom is 0.320 e. The van der Waals surface area contributed by atoms with Gasteiger partial charge < -0.3 is 15.2 Å². The molecule has 2 N–H and O–H groups in total. The van der Waals surface area contributed by atoms with Gasteiger partial charge in [-0.3, -0.25) is 4.79 Å². The molecular formula is C9H19NO3. The first-order valence-electron chi connectivity index (χ1n) is 4.43. The highest BCUT2D eigenvalue weighted by atomic mass is 16.5. The minimum Gasteiger partial charge on any atom is -0.480 e. The zero-order valence-electron chi connectivity index (χ0n) is 8.76. The smallest absolute Gasteiger partial charge is 0.320 e. The Morgan fingerprint density at radius 1 is 1.54 bits per heavy atom. The Labute approximate surface area is 79.3 Å². The monoisotopic (exact) mass is 189 g/mol. The number of carbonyl (C=O) groups is 1. The van der Waals surface area contributed by atoms with E-state index >= 15 is 0 Å². The van der Waals surface area contributed by atoms with Crippen molar-refractivity contribution >= 4 is 5.97 Å². The van der Waals surface area contributed by atoms with Gasteiger partial charge in [-0.2, -0.15) is 0 Å². The fourth-order valence-corrected chi connectivity index (χ4v) is 0.720. The summed E-state index contributed by atoms with van der Waals surface area (Å²) in [5.74, 6) is -0.837. The zero-order chi connectivity index (χ0) is 10.5. The molecule has 0 aliphatic carbocycles. The third-order valence-electron chi connectivity index (χ3n) is 1.46. The molecule has 0 fully saturated rings. The van der Waals surface area contributed by atoms with E-state index in [-0.39, 0.29) is 5.60 Å². The normalized spacial score (nSPS) is 14.2. The van der Waals surface area contributed by atoms with Gasteiger partial charge in [-0.25, -0.2) is 0 Å². The fourth-order valence-electron chi connectivity index (χ4n) is 0.720. The molecule has 13 heavy (non-hydrogen) atoms. The number of ether oxygens (including phenoxy) is 1. The van der Waals surface area contributed by atoms with Crippen molar-refractivity contribution in [1.82, 2.24) is 5.32 Å². The number of nitrogens with one attached hydrogen (secondary N) is 1. The summed E-state index contributed by atoms with van der Waals surface area (Å²) < 4.78 is 5.40. The average Bonchev–Trinajstić information content (AvgIpc) is 1.95. The van der Waals surface area contributed by atoms with E-state index in [1.165, 1.54) is 0 Å². The van der Waals surface area contributed by atoms with Gasteiger partial charge in [0.15, 0.2) is 0 Å². The predicted molar refractivity (Wildman–Crippen MR) is 50.8 cm³/mol. The van der Waals surface area contributed by atoms with Crippen LogP contribution in [0.15, 0.2) is 0 Å². The Bertz CT molecular complexity index is 163. The van der Waals surface area contributed by atoms with Gasteiger partial charge in [-0.05, 0) is 27.7 Å². The molecule has 0 aromatic rings. The summed E-state index contributed by atoms with van der Waals surface area (Å²) in [6.45, 7) is 8.60. The molecule has 1 atom stereocenters. The van der Waals surface area contributed by atoms with Gasteiger partial charge >= 0.3 is 5.97 Å². The third-order valence-corrected chi connectivity index (χ3v) is 1.46. The van der Waals surface area contributed by atoms with E-state index in [0.717, 1.165) is 0 Å². The molecule has 0 amide bonds.